The second-order valence-corrected chi connectivity index (χ2v) is 4.77. The van der Waals surface area contributed by atoms with Crippen LogP contribution in [0, 0.1) is 5.82 Å². The fraction of sp³-hybridized carbons (Fsp3) is 0.0714. The van der Waals surface area contributed by atoms with Gasteiger partial charge in [0.05, 0.1) is 5.56 Å². The molecule has 0 saturated heterocycles. The zero-order chi connectivity index (χ0) is 13.8. The van der Waals surface area contributed by atoms with Gasteiger partial charge < -0.3 is 10.5 Å². The molecule has 0 spiro atoms. The maximum Gasteiger partial charge on any atom is 0.137 e. The first-order valence-corrected chi connectivity index (χ1v) is 6.32. The van der Waals surface area contributed by atoms with Gasteiger partial charge in [-0.15, -0.1) is 0 Å². The maximum atomic E-state index is 13.6. The number of nitrogens with two attached hydrogens (primary N) is 1. The number of halogens is 2. The second kappa shape index (κ2) is 5.99. The molecule has 2 nitrogen and oxygen atoms in total. The van der Waals surface area contributed by atoms with Crippen LogP contribution in [-0.4, -0.2) is 4.99 Å². The lowest BCUT2D eigenvalue weighted by molar-refractivity contribution is 0.304. The number of hydrogen-bond donors (Lipinski definition) is 1. The monoisotopic (exact) mass is 295 g/mol. The van der Waals surface area contributed by atoms with Crippen LogP contribution in [-0.2, 0) is 6.61 Å². The summed E-state index contributed by atoms with van der Waals surface area (Å²) in [4.78, 5) is -0.0285. The molecule has 0 aliphatic rings. The van der Waals surface area contributed by atoms with Crippen molar-refractivity contribution < 1.29 is 9.13 Å². The molecular weight excluding hydrogens is 285 g/mol. The molecular formula is C14H11ClFNOS. The highest BCUT2D eigenvalue weighted by Gasteiger charge is 2.12. The zero-order valence-corrected chi connectivity index (χ0v) is 11.5. The Kier molecular flexibility index (Phi) is 4.35. The summed E-state index contributed by atoms with van der Waals surface area (Å²) >= 11 is 10.7. The molecule has 2 aromatic carbocycles. The Bertz CT molecular complexity index is 618. The predicted octanol–water partition coefficient (Wildman–Crippen LogP) is 3.69. The molecule has 0 amide bonds. The van der Waals surface area contributed by atoms with Gasteiger partial charge in [-0.1, -0.05) is 42.0 Å². The Morgan fingerprint density at radius 1 is 1.26 bits per heavy atom. The molecule has 0 radical (unpaired) electrons. The maximum absolute atomic E-state index is 13.6. The third kappa shape index (κ3) is 3.43. The Morgan fingerprint density at radius 3 is 2.68 bits per heavy atom. The van der Waals surface area contributed by atoms with Crippen LogP contribution < -0.4 is 10.5 Å². The lowest BCUT2D eigenvalue weighted by atomic mass is 10.2. The van der Waals surface area contributed by atoms with E-state index >= 15 is 0 Å². The van der Waals surface area contributed by atoms with Crippen LogP contribution in [0.25, 0.3) is 0 Å². The lowest BCUT2D eigenvalue weighted by Crippen LogP contribution is -2.14. The minimum Gasteiger partial charge on any atom is -0.488 e. The van der Waals surface area contributed by atoms with E-state index in [1.807, 2.05) is 12.1 Å². The third-order valence-corrected chi connectivity index (χ3v) is 2.94. The van der Waals surface area contributed by atoms with E-state index in [4.69, 9.17) is 34.3 Å². The van der Waals surface area contributed by atoms with E-state index in [9.17, 15) is 4.39 Å². The molecule has 2 rings (SSSR count). The van der Waals surface area contributed by atoms with Crippen LogP contribution in [0.5, 0.6) is 5.75 Å². The molecule has 19 heavy (non-hydrogen) atoms. The Balaban J connectivity index is 2.20. The molecule has 5 heteroatoms. The molecule has 0 fully saturated rings. The SMILES string of the molecule is NC(=S)c1c(F)cccc1OCc1cccc(Cl)c1. The van der Waals surface area contributed by atoms with Crippen LogP contribution in [0.3, 0.4) is 0 Å². The molecule has 0 aromatic heterocycles. The van der Waals surface area contributed by atoms with Gasteiger partial charge in [-0.2, -0.15) is 0 Å². The minimum absolute atomic E-state index is 0.0285. The molecule has 0 saturated carbocycles. The topological polar surface area (TPSA) is 35.2 Å². The molecule has 0 bridgehead atoms. The van der Waals surface area contributed by atoms with E-state index in [-0.39, 0.29) is 17.2 Å². The van der Waals surface area contributed by atoms with Gasteiger partial charge in [-0.25, -0.2) is 4.39 Å². The zero-order valence-electron chi connectivity index (χ0n) is 9.90. The second-order valence-electron chi connectivity index (χ2n) is 3.90. The summed E-state index contributed by atoms with van der Waals surface area (Å²) in [5, 5.41) is 0.620. The van der Waals surface area contributed by atoms with E-state index < -0.39 is 5.82 Å². The summed E-state index contributed by atoms with van der Waals surface area (Å²) < 4.78 is 19.2. The molecule has 0 aliphatic heterocycles. The highest BCUT2D eigenvalue weighted by atomic mass is 35.5. The van der Waals surface area contributed by atoms with E-state index in [0.717, 1.165) is 5.56 Å². The largest absolute Gasteiger partial charge is 0.488 e. The standard InChI is InChI=1S/C14H11ClFNOS/c15-10-4-1-3-9(7-10)8-18-12-6-2-5-11(16)13(12)14(17)19/h1-7H,8H2,(H2,17,19). The number of benzene rings is 2. The average Bonchev–Trinajstić information content (AvgIpc) is 2.36. The van der Waals surface area contributed by atoms with Crippen LogP contribution in [0.1, 0.15) is 11.1 Å². The fourth-order valence-corrected chi connectivity index (χ4v) is 2.06. The predicted molar refractivity (Wildman–Crippen MR) is 78.1 cm³/mol. The molecule has 2 aromatic rings. The first-order chi connectivity index (χ1) is 9.08. The quantitative estimate of drug-likeness (QED) is 0.874. The molecule has 0 heterocycles. The van der Waals surface area contributed by atoms with Crippen molar-refractivity contribution in [1.29, 1.82) is 0 Å². The van der Waals surface area contributed by atoms with E-state index in [1.54, 1.807) is 24.3 Å². The van der Waals surface area contributed by atoms with Gasteiger partial charge in [0.15, 0.2) is 0 Å². The highest BCUT2D eigenvalue weighted by Crippen LogP contribution is 2.23. The highest BCUT2D eigenvalue weighted by molar-refractivity contribution is 7.80. The van der Waals surface area contributed by atoms with Gasteiger partial charge in [0, 0.05) is 5.02 Å². The van der Waals surface area contributed by atoms with Crippen molar-refractivity contribution in [3.05, 3.63) is 64.4 Å². The van der Waals surface area contributed by atoms with Gasteiger partial charge in [-0.3, -0.25) is 0 Å². The van der Waals surface area contributed by atoms with Gasteiger partial charge in [0.2, 0.25) is 0 Å². The summed E-state index contributed by atoms with van der Waals surface area (Å²) in [7, 11) is 0. The number of rotatable bonds is 4. The molecule has 2 N–H and O–H groups in total. The molecule has 0 aliphatic carbocycles. The van der Waals surface area contributed by atoms with Crippen molar-refractivity contribution in [3.63, 3.8) is 0 Å². The number of thiocarbonyl (C=S) groups is 1. The Labute approximate surface area is 120 Å². The van der Waals surface area contributed by atoms with Crippen molar-refractivity contribution in [2.45, 2.75) is 6.61 Å². The van der Waals surface area contributed by atoms with Gasteiger partial charge >= 0.3 is 0 Å². The number of hydrogen-bond acceptors (Lipinski definition) is 2. The fourth-order valence-electron chi connectivity index (χ4n) is 1.65. The van der Waals surface area contributed by atoms with Crippen molar-refractivity contribution in [2.75, 3.05) is 0 Å². The Morgan fingerprint density at radius 2 is 2.00 bits per heavy atom. The first kappa shape index (κ1) is 13.8. The third-order valence-electron chi connectivity index (χ3n) is 2.51. The van der Waals surface area contributed by atoms with Crippen LogP contribution in [0.15, 0.2) is 42.5 Å². The van der Waals surface area contributed by atoms with Crippen molar-refractivity contribution in [2.24, 2.45) is 5.73 Å². The van der Waals surface area contributed by atoms with Crippen LogP contribution in [0.4, 0.5) is 4.39 Å². The summed E-state index contributed by atoms with van der Waals surface area (Å²) in [5.74, 6) is -0.163. The van der Waals surface area contributed by atoms with Crippen molar-refractivity contribution in [1.82, 2.24) is 0 Å². The van der Waals surface area contributed by atoms with Crippen LogP contribution in [0.2, 0.25) is 5.02 Å². The van der Waals surface area contributed by atoms with E-state index in [2.05, 4.69) is 0 Å². The van der Waals surface area contributed by atoms with Gasteiger partial charge in [-0.05, 0) is 29.8 Å². The summed E-state index contributed by atoms with van der Waals surface area (Å²) in [5.41, 5.74) is 6.50. The minimum atomic E-state index is -0.490. The van der Waals surface area contributed by atoms with Crippen molar-refractivity contribution >= 4 is 28.8 Å². The van der Waals surface area contributed by atoms with E-state index in [0.29, 0.717) is 10.8 Å². The summed E-state index contributed by atoms with van der Waals surface area (Å²) in [6.07, 6.45) is 0. The van der Waals surface area contributed by atoms with Crippen LogP contribution >= 0.6 is 23.8 Å². The number of ether oxygens (including phenoxy) is 1. The van der Waals surface area contributed by atoms with E-state index in [1.165, 1.54) is 6.07 Å². The molecule has 0 atom stereocenters. The van der Waals surface area contributed by atoms with Gasteiger partial charge in [0.1, 0.15) is 23.2 Å². The molecule has 0 unspecified atom stereocenters. The Hall–Kier alpha value is -1.65. The first-order valence-electron chi connectivity index (χ1n) is 5.53. The summed E-state index contributed by atoms with van der Waals surface area (Å²) in [6, 6.07) is 11.7. The lowest BCUT2D eigenvalue weighted by Gasteiger charge is -2.11. The smallest absolute Gasteiger partial charge is 0.137 e. The summed E-state index contributed by atoms with van der Waals surface area (Å²) in [6.45, 7) is 0.264. The molecule has 98 valence electrons. The average molecular weight is 296 g/mol. The van der Waals surface area contributed by atoms with Crippen molar-refractivity contribution in [3.8, 4) is 5.75 Å². The normalized spacial score (nSPS) is 10.2. The van der Waals surface area contributed by atoms with Gasteiger partial charge in [0.25, 0.3) is 0 Å².